The minimum absolute atomic E-state index is 0.457. The number of hydrogen-bond acceptors (Lipinski definition) is 2. The van der Waals surface area contributed by atoms with Crippen molar-refractivity contribution < 1.29 is 9.53 Å². The lowest BCUT2D eigenvalue weighted by Gasteiger charge is -2.14. The van der Waals surface area contributed by atoms with Crippen molar-refractivity contribution in [2.24, 2.45) is 0 Å². The summed E-state index contributed by atoms with van der Waals surface area (Å²) < 4.78 is 4.75. The summed E-state index contributed by atoms with van der Waals surface area (Å²) in [6, 6.07) is 7.79. The van der Waals surface area contributed by atoms with Gasteiger partial charge in [-0.25, -0.2) is 0 Å². The Kier molecular flexibility index (Phi) is 4.88. The standard InChI is InChI=1S/C13H18O2/c1-3-5-11(4-2)12-6-8-13(9-7-12)15-10-14/h6-11H,3-5H2,1-2H3. The van der Waals surface area contributed by atoms with E-state index in [1.165, 1.54) is 18.4 Å². The Hall–Kier alpha value is -1.31. The van der Waals surface area contributed by atoms with Gasteiger partial charge in [0, 0.05) is 0 Å². The van der Waals surface area contributed by atoms with E-state index in [9.17, 15) is 4.79 Å². The Morgan fingerprint density at radius 1 is 1.27 bits per heavy atom. The Morgan fingerprint density at radius 2 is 1.93 bits per heavy atom. The molecule has 1 atom stereocenters. The fourth-order valence-electron chi connectivity index (χ4n) is 1.83. The van der Waals surface area contributed by atoms with Crippen LogP contribution >= 0.6 is 0 Å². The second-order valence-electron chi connectivity index (χ2n) is 3.68. The number of ether oxygens (including phenoxy) is 1. The second kappa shape index (κ2) is 6.23. The highest BCUT2D eigenvalue weighted by Gasteiger charge is 2.07. The number of hydrogen-bond donors (Lipinski definition) is 0. The molecule has 0 aliphatic rings. The molecule has 15 heavy (non-hydrogen) atoms. The molecule has 0 aliphatic carbocycles. The fourth-order valence-corrected chi connectivity index (χ4v) is 1.83. The van der Waals surface area contributed by atoms with Gasteiger partial charge in [-0.3, -0.25) is 4.79 Å². The van der Waals surface area contributed by atoms with Gasteiger partial charge in [-0.05, 0) is 36.5 Å². The van der Waals surface area contributed by atoms with E-state index in [-0.39, 0.29) is 0 Å². The lowest BCUT2D eigenvalue weighted by molar-refractivity contribution is -0.120. The van der Waals surface area contributed by atoms with E-state index in [2.05, 4.69) is 13.8 Å². The summed E-state index contributed by atoms with van der Waals surface area (Å²) in [5, 5.41) is 0. The lowest BCUT2D eigenvalue weighted by Crippen LogP contribution is -1.97. The number of carbonyl (C=O) groups excluding carboxylic acids is 1. The van der Waals surface area contributed by atoms with E-state index < -0.39 is 0 Å². The fraction of sp³-hybridized carbons (Fsp3) is 0.462. The van der Waals surface area contributed by atoms with Crippen LogP contribution in [0.3, 0.4) is 0 Å². The Balaban J connectivity index is 2.72. The third kappa shape index (κ3) is 3.39. The van der Waals surface area contributed by atoms with Crippen molar-refractivity contribution in [3.05, 3.63) is 29.8 Å². The summed E-state index contributed by atoms with van der Waals surface area (Å²) in [4.78, 5) is 10.1. The molecule has 0 bridgehead atoms. The normalized spacial score (nSPS) is 12.1. The van der Waals surface area contributed by atoms with Crippen LogP contribution in [0, 0.1) is 0 Å². The molecular weight excluding hydrogens is 188 g/mol. The van der Waals surface area contributed by atoms with Gasteiger partial charge in [0.2, 0.25) is 0 Å². The Bertz CT molecular complexity index is 290. The molecule has 2 heteroatoms. The van der Waals surface area contributed by atoms with Crippen LogP contribution in [-0.4, -0.2) is 6.47 Å². The maximum Gasteiger partial charge on any atom is 0.298 e. The van der Waals surface area contributed by atoms with Gasteiger partial charge in [0.25, 0.3) is 6.47 Å². The minimum Gasteiger partial charge on any atom is -0.429 e. The van der Waals surface area contributed by atoms with E-state index in [4.69, 9.17) is 4.74 Å². The van der Waals surface area contributed by atoms with Gasteiger partial charge in [0.15, 0.2) is 0 Å². The van der Waals surface area contributed by atoms with Gasteiger partial charge in [-0.15, -0.1) is 0 Å². The summed E-state index contributed by atoms with van der Waals surface area (Å²) in [5.41, 5.74) is 1.33. The Labute approximate surface area is 91.3 Å². The van der Waals surface area contributed by atoms with E-state index in [0.29, 0.717) is 18.1 Å². The van der Waals surface area contributed by atoms with Crippen LogP contribution in [0.25, 0.3) is 0 Å². The zero-order valence-corrected chi connectivity index (χ0v) is 9.40. The van der Waals surface area contributed by atoms with Crippen molar-refractivity contribution in [2.75, 3.05) is 0 Å². The van der Waals surface area contributed by atoms with Crippen LogP contribution in [-0.2, 0) is 4.79 Å². The maximum absolute atomic E-state index is 10.1. The van der Waals surface area contributed by atoms with Crippen molar-refractivity contribution in [1.82, 2.24) is 0 Å². The summed E-state index contributed by atoms with van der Waals surface area (Å²) >= 11 is 0. The molecule has 0 aliphatic heterocycles. The minimum atomic E-state index is 0.457. The zero-order valence-electron chi connectivity index (χ0n) is 9.40. The molecule has 1 aromatic rings. The highest BCUT2D eigenvalue weighted by Crippen LogP contribution is 2.26. The molecule has 2 nitrogen and oxygen atoms in total. The van der Waals surface area contributed by atoms with Crippen molar-refractivity contribution in [3.8, 4) is 5.75 Å². The molecule has 1 aromatic carbocycles. The average molecular weight is 206 g/mol. The van der Waals surface area contributed by atoms with Crippen LogP contribution in [0.4, 0.5) is 0 Å². The third-order valence-electron chi connectivity index (χ3n) is 2.67. The third-order valence-corrected chi connectivity index (χ3v) is 2.67. The molecule has 0 N–H and O–H groups in total. The summed E-state index contributed by atoms with van der Waals surface area (Å²) in [5.74, 6) is 1.24. The van der Waals surface area contributed by atoms with E-state index >= 15 is 0 Å². The molecule has 0 amide bonds. The molecule has 0 heterocycles. The van der Waals surface area contributed by atoms with Gasteiger partial charge < -0.3 is 4.74 Å². The molecule has 0 aromatic heterocycles. The zero-order chi connectivity index (χ0) is 11.1. The second-order valence-corrected chi connectivity index (χ2v) is 3.68. The first-order chi connectivity index (χ1) is 7.31. The largest absolute Gasteiger partial charge is 0.429 e. The number of benzene rings is 1. The van der Waals surface area contributed by atoms with Crippen molar-refractivity contribution >= 4 is 6.47 Å². The quantitative estimate of drug-likeness (QED) is 0.666. The SMILES string of the molecule is CCCC(CC)c1ccc(OC=O)cc1. The lowest BCUT2D eigenvalue weighted by atomic mass is 9.92. The molecule has 1 unspecified atom stereocenters. The van der Waals surface area contributed by atoms with Gasteiger partial charge in [-0.2, -0.15) is 0 Å². The predicted octanol–water partition coefficient (Wildman–Crippen LogP) is 3.52. The first kappa shape index (κ1) is 11.8. The Morgan fingerprint density at radius 3 is 2.40 bits per heavy atom. The maximum atomic E-state index is 10.1. The number of rotatable bonds is 6. The molecule has 0 spiro atoms. The van der Waals surface area contributed by atoms with Gasteiger partial charge in [-0.1, -0.05) is 32.4 Å². The van der Waals surface area contributed by atoms with Crippen LogP contribution in [0.2, 0.25) is 0 Å². The molecular formula is C13H18O2. The van der Waals surface area contributed by atoms with Gasteiger partial charge >= 0.3 is 0 Å². The van der Waals surface area contributed by atoms with Crippen molar-refractivity contribution in [2.45, 2.75) is 39.0 Å². The van der Waals surface area contributed by atoms with E-state index in [1.54, 1.807) is 0 Å². The van der Waals surface area contributed by atoms with Crippen LogP contribution < -0.4 is 4.74 Å². The molecule has 0 fully saturated rings. The summed E-state index contributed by atoms with van der Waals surface area (Å²) in [6.45, 7) is 4.86. The molecule has 82 valence electrons. The summed E-state index contributed by atoms with van der Waals surface area (Å²) in [6.07, 6.45) is 3.57. The molecule has 0 saturated carbocycles. The van der Waals surface area contributed by atoms with Gasteiger partial charge in [0.1, 0.15) is 5.75 Å². The summed E-state index contributed by atoms with van der Waals surface area (Å²) in [7, 11) is 0. The smallest absolute Gasteiger partial charge is 0.298 e. The first-order valence-electron chi connectivity index (χ1n) is 5.52. The average Bonchev–Trinajstić information content (AvgIpc) is 2.28. The number of carbonyl (C=O) groups is 1. The van der Waals surface area contributed by atoms with Crippen molar-refractivity contribution in [1.29, 1.82) is 0 Å². The first-order valence-corrected chi connectivity index (χ1v) is 5.52. The van der Waals surface area contributed by atoms with Gasteiger partial charge in [0.05, 0.1) is 0 Å². The molecule has 0 saturated heterocycles. The highest BCUT2D eigenvalue weighted by molar-refractivity contribution is 5.45. The van der Waals surface area contributed by atoms with Crippen LogP contribution in [0.5, 0.6) is 5.75 Å². The topological polar surface area (TPSA) is 26.3 Å². The van der Waals surface area contributed by atoms with Crippen molar-refractivity contribution in [3.63, 3.8) is 0 Å². The molecule has 0 radical (unpaired) electrons. The highest BCUT2D eigenvalue weighted by atomic mass is 16.5. The van der Waals surface area contributed by atoms with E-state index in [0.717, 1.165) is 6.42 Å². The van der Waals surface area contributed by atoms with Crippen LogP contribution in [0.15, 0.2) is 24.3 Å². The van der Waals surface area contributed by atoms with E-state index in [1.807, 2.05) is 24.3 Å². The van der Waals surface area contributed by atoms with Crippen LogP contribution in [0.1, 0.15) is 44.6 Å². The monoisotopic (exact) mass is 206 g/mol. The molecule has 1 rings (SSSR count). The predicted molar refractivity (Wildman–Crippen MR) is 61.1 cm³/mol.